The van der Waals surface area contributed by atoms with Crippen LogP contribution in [-0.4, -0.2) is 0 Å². The van der Waals surface area contributed by atoms with Gasteiger partial charge in [0.25, 0.3) is 0 Å². The van der Waals surface area contributed by atoms with Crippen LogP contribution < -0.4 is 0 Å². The number of thiophene rings is 2. The summed E-state index contributed by atoms with van der Waals surface area (Å²) in [5.41, 5.74) is 0. The van der Waals surface area contributed by atoms with Crippen LogP contribution in [0, 0.1) is 0 Å². The van der Waals surface area contributed by atoms with E-state index >= 15 is 0 Å². The van der Waals surface area contributed by atoms with Crippen molar-refractivity contribution in [3.05, 3.63) is 44.8 Å². The Hall–Kier alpha value is -1.38. The molecule has 0 saturated carbocycles. The molecule has 2 heteroatoms. The highest BCUT2D eigenvalue weighted by atomic mass is 32.1. The van der Waals surface area contributed by atoms with Crippen molar-refractivity contribution < 1.29 is 0 Å². The molecule has 0 aliphatic rings. The second-order valence-corrected chi connectivity index (χ2v) is 9.66. The largest absolute Gasteiger partial charge is 0.148 e. The van der Waals surface area contributed by atoms with Gasteiger partial charge in [-0.2, -0.15) is 0 Å². The van der Waals surface area contributed by atoms with Gasteiger partial charge >= 0.3 is 0 Å². The molecule has 27 heavy (non-hydrogen) atoms. The minimum Gasteiger partial charge on any atom is -0.148 e. The van der Waals surface area contributed by atoms with E-state index in [4.69, 9.17) is 0 Å². The first-order valence-electron chi connectivity index (χ1n) is 10.6. The van der Waals surface area contributed by atoms with Crippen LogP contribution in [0.3, 0.4) is 0 Å². The highest BCUT2D eigenvalue weighted by Gasteiger charge is 2.12. The van der Waals surface area contributed by atoms with E-state index in [0.29, 0.717) is 0 Å². The number of hydrogen-bond donors (Lipinski definition) is 0. The molecule has 0 amide bonds. The van der Waals surface area contributed by atoms with Crippen LogP contribution in [0.2, 0.25) is 0 Å². The Morgan fingerprint density at radius 3 is 1.48 bits per heavy atom. The molecule has 0 fully saturated rings. The monoisotopic (exact) mass is 394 g/mol. The average molecular weight is 395 g/mol. The van der Waals surface area contributed by atoms with Crippen LogP contribution in [0.15, 0.2) is 35.0 Å². The third-order valence-electron chi connectivity index (χ3n) is 5.79. The molecule has 0 bridgehead atoms. The van der Waals surface area contributed by atoms with Crippen molar-refractivity contribution in [3.8, 4) is 0 Å². The molecule has 0 nitrogen and oxygen atoms in total. The molecule has 0 aliphatic heterocycles. The number of unbranched alkanes of at least 4 members (excludes halogenated alkanes) is 5. The summed E-state index contributed by atoms with van der Waals surface area (Å²) in [4.78, 5) is 3.15. The molecule has 0 atom stereocenters. The van der Waals surface area contributed by atoms with E-state index in [1.807, 2.05) is 22.7 Å². The zero-order chi connectivity index (χ0) is 18.6. The predicted octanol–water partition coefficient (Wildman–Crippen LogP) is 9.12. The fraction of sp³-hybridized carbons (Fsp3) is 0.440. The predicted molar refractivity (Wildman–Crippen MR) is 126 cm³/mol. The molecule has 0 unspecified atom stereocenters. The van der Waals surface area contributed by atoms with Crippen LogP contribution >= 0.6 is 22.7 Å². The van der Waals surface area contributed by atoms with Crippen molar-refractivity contribution in [1.82, 2.24) is 0 Å². The maximum absolute atomic E-state index is 2.40. The molecule has 0 aliphatic carbocycles. The van der Waals surface area contributed by atoms with Crippen LogP contribution in [-0.2, 0) is 12.8 Å². The molecular formula is C25H30S2. The maximum Gasteiger partial charge on any atom is 0.0124 e. The van der Waals surface area contributed by atoms with E-state index in [1.54, 1.807) is 9.75 Å². The molecule has 0 spiro atoms. The molecule has 4 rings (SSSR count). The van der Waals surface area contributed by atoms with Gasteiger partial charge in [0.05, 0.1) is 0 Å². The van der Waals surface area contributed by atoms with Gasteiger partial charge in [-0.05, 0) is 58.0 Å². The quantitative estimate of drug-likeness (QED) is 0.248. The smallest absolute Gasteiger partial charge is 0.0124 e. The zero-order valence-corrected chi connectivity index (χ0v) is 18.3. The fourth-order valence-electron chi connectivity index (χ4n) is 4.21. The van der Waals surface area contributed by atoms with E-state index in [1.165, 1.54) is 90.1 Å². The first kappa shape index (κ1) is 19.0. The first-order valence-corrected chi connectivity index (χ1v) is 12.4. The van der Waals surface area contributed by atoms with Crippen LogP contribution in [0.1, 0.15) is 68.5 Å². The molecule has 2 aromatic heterocycles. The van der Waals surface area contributed by atoms with Crippen LogP contribution in [0.4, 0.5) is 0 Å². The lowest BCUT2D eigenvalue weighted by Crippen LogP contribution is -1.84. The summed E-state index contributed by atoms with van der Waals surface area (Å²) in [5.74, 6) is 0. The van der Waals surface area contributed by atoms with Crippen molar-refractivity contribution in [3.63, 3.8) is 0 Å². The summed E-state index contributed by atoms with van der Waals surface area (Å²) >= 11 is 3.92. The minimum absolute atomic E-state index is 1.23. The maximum atomic E-state index is 2.40. The summed E-state index contributed by atoms with van der Waals surface area (Å²) < 4.78 is 0. The van der Waals surface area contributed by atoms with E-state index < -0.39 is 0 Å². The normalized spacial score (nSPS) is 11.9. The second-order valence-electron chi connectivity index (χ2n) is 7.73. The molecule has 142 valence electrons. The zero-order valence-electron chi connectivity index (χ0n) is 16.6. The van der Waals surface area contributed by atoms with Gasteiger partial charge in [-0.15, -0.1) is 22.7 Å². The van der Waals surface area contributed by atoms with Crippen molar-refractivity contribution in [1.29, 1.82) is 0 Å². The lowest BCUT2D eigenvalue weighted by molar-refractivity contribution is 0.671. The molecule has 0 radical (unpaired) electrons. The molecule has 2 aromatic carbocycles. The Bertz CT molecular complexity index is 1030. The van der Waals surface area contributed by atoms with Gasteiger partial charge in [-0.1, -0.05) is 70.2 Å². The van der Waals surface area contributed by atoms with Crippen LogP contribution in [0.5, 0.6) is 0 Å². The summed E-state index contributed by atoms with van der Waals surface area (Å²) in [7, 11) is 0. The average Bonchev–Trinajstić information content (AvgIpc) is 3.29. The summed E-state index contributed by atoms with van der Waals surface area (Å²) in [6.45, 7) is 4.57. The molecule has 2 heterocycles. The van der Waals surface area contributed by atoms with E-state index in [-0.39, 0.29) is 0 Å². The molecule has 0 saturated heterocycles. The first-order chi connectivity index (χ1) is 13.3. The number of benzene rings is 2. The Balaban J connectivity index is 1.68. The van der Waals surface area contributed by atoms with Gasteiger partial charge < -0.3 is 0 Å². The van der Waals surface area contributed by atoms with Crippen molar-refractivity contribution in [2.24, 2.45) is 0 Å². The molecule has 4 aromatic rings. The Morgan fingerprint density at radius 2 is 0.963 bits per heavy atom. The lowest BCUT2D eigenvalue weighted by atomic mass is 9.98. The highest BCUT2D eigenvalue weighted by Crippen LogP contribution is 2.38. The van der Waals surface area contributed by atoms with Gasteiger partial charge in [0.2, 0.25) is 0 Å². The SMILES string of the molecule is CCCCCCc1scc2c1ccc1c3csc(CCCCC)c3ccc21. The third-order valence-corrected chi connectivity index (χ3v) is 7.91. The number of hydrogen-bond acceptors (Lipinski definition) is 2. The fourth-order valence-corrected chi connectivity index (χ4v) is 6.38. The standard InChI is InChI=1S/C25H30S2/c1-3-5-7-9-11-25-21-15-13-18-19(23(21)17-27-25)12-14-20-22(18)16-26-24(20)10-8-6-4-2/h12-17H,3-11H2,1-2H3. The van der Waals surface area contributed by atoms with E-state index in [9.17, 15) is 0 Å². The number of rotatable bonds is 9. The third kappa shape index (κ3) is 3.79. The van der Waals surface area contributed by atoms with Crippen molar-refractivity contribution in [2.75, 3.05) is 0 Å². The van der Waals surface area contributed by atoms with Gasteiger partial charge in [-0.25, -0.2) is 0 Å². The van der Waals surface area contributed by atoms with E-state index in [0.717, 1.165) is 0 Å². The topological polar surface area (TPSA) is 0 Å². The van der Waals surface area contributed by atoms with Crippen molar-refractivity contribution in [2.45, 2.75) is 71.6 Å². The number of aryl methyl sites for hydroxylation is 2. The second kappa shape index (κ2) is 8.75. The molecule has 0 N–H and O–H groups in total. The van der Waals surface area contributed by atoms with Gasteiger partial charge in [0, 0.05) is 20.5 Å². The van der Waals surface area contributed by atoms with Crippen LogP contribution in [0.25, 0.3) is 32.3 Å². The summed E-state index contributed by atoms with van der Waals surface area (Å²) in [6.07, 6.45) is 11.8. The van der Waals surface area contributed by atoms with E-state index in [2.05, 4.69) is 48.9 Å². The lowest BCUT2D eigenvalue weighted by Gasteiger charge is -2.05. The summed E-state index contributed by atoms with van der Waals surface area (Å²) in [6, 6.07) is 9.53. The Labute approximate surface area is 171 Å². The highest BCUT2D eigenvalue weighted by molar-refractivity contribution is 7.12. The molecular weight excluding hydrogens is 364 g/mol. The summed E-state index contributed by atoms with van der Waals surface area (Å²) in [5, 5.41) is 13.6. The van der Waals surface area contributed by atoms with Crippen molar-refractivity contribution >= 4 is 55.0 Å². The van der Waals surface area contributed by atoms with Gasteiger partial charge in [-0.3, -0.25) is 0 Å². The van der Waals surface area contributed by atoms with Gasteiger partial charge in [0.15, 0.2) is 0 Å². The van der Waals surface area contributed by atoms with Gasteiger partial charge in [0.1, 0.15) is 0 Å². The minimum atomic E-state index is 1.23. The Kier molecular flexibility index (Phi) is 6.14. The number of fused-ring (bicyclic) bond motifs is 5. The Morgan fingerprint density at radius 1 is 0.519 bits per heavy atom.